The van der Waals surface area contributed by atoms with Gasteiger partial charge in [-0.3, -0.25) is 0 Å². The van der Waals surface area contributed by atoms with Crippen LogP contribution in [0, 0.1) is 6.92 Å². The van der Waals surface area contributed by atoms with Gasteiger partial charge in [0, 0.05) is 12.8 Å². The number of aryl methyl sites for hydroxylation is 2. The van der Waals surface area contributed by atoms with Gasteiger partial charge in [0.2, 0.25) is 5.88 Å². The van der Waals surface area contributed by atoms with Crippen LogP contribution in [0.5, 0.6) is 5.88 Å². The van der Waals surface area contributed by atoms with Crippen molar-refractivity contribution in [3.05, 3.63) is 65.1 Å². The van der Waals surface area contributed by atoms with Gasteiger partial charge in [-0.15, -0.1) is 0 Å². The van der Waals surface area contributed by atoms with Gasteiger partial charge in [0.05, 0.1) is 18.5 Å². The van der Waals surface area contributed by atoms with Crippen molar-refractivity contribution in [1.29, 1.82) is 0 Å². The fraction of sp³-hybridized carbons (Fsp3) is 0.316. The van der Waals surface area contributed by atoms with Gasteiger partial charge in [0.15, 0.2) is 0 Å². The maximum Gasteiger partial charge on any atom is 0.238 e. The number of benzene rings is 1. The normalized spacial score (nSPS) is 12.5. The number of aromatic nitrogens is 2. The SMILES string of the molecule is COc1nc(C)cn2c(C(O)c3ccccc3)c(CCCO)cc12. The van der Waals surface area contributed by atoms with Crippen molar-refractivity contribution in [2.75, 3.05) is 13.7 Å². The maximum absolute atomic E-state index is 11.0. The van der Waals surface area contributed by atoms with E-state index in [-0.39, 0.29) is 6.61 Å². The van der Waals surface area contributed by atoms with Crippen molar-refractivity contribution in [2.24, 2.45) is 0 Å². The van der Waals surface area contributed by atoms with E-state index < -0.39 is 6.10 Å². The van der Waals surface area contributed by atoms with Crippen LogP contribution in [0.3, 0.4) is 0 Å². The summed E-state index contributed by atoms with van der Waals surface area (Å²) in [4.78, 5) is 4.41. The van der Waals surface area contributed by atoms with E-state index in [1.54, 1.807) is 7.11 Å². The second-order valence-electron chi connectivity index (χ2n) is 5.84. The standard InChI is InChI=1S/C19H22N2O3/c1-13-12-21-16(19(20-13)24-2)11-15(9-6-10-22)17(21)18(23)14-7-4-3-5-8-14/h3-5,7-8,11-12,18,22-23H,6,9-10H2,1-2H3. The van der Waals surface area contributed by atoms with Gasteiger partial charge in [0.1, 0.15) is 11.6 Å². The molecule has 0 aliphatic rings. The van der Waals surface area contributed by atoms with Gasteiger partial charge in [-0.05, 0) is 37.0 Å². The monoisotopic (exact) mass is 326 g/mol. The number of hydrogen-bond acceptors (Lipinski definition) is 4. The van der Waals surface area contributed by atoms with Crippen LogP contribution in [0.2, 0.25) is 0 Å². The Balaban J connectivity index is 2.20. The molecule has 0 aliphatic carbocycles. The van der Waals surface area contributed by atoms with Gasteiger partial charge >= 0.3 is 0 Å². The Hall–Kier alpha value is -2.37. The van der Waals surface area contributed by atoms with Gasteiger partial charge in [-0.1, -0.05) is 30.3 Å². The summed E-state index contributed by atoms with van der Waals surface area (Å²) in [5.74, 6) is 0.534. The molecule has 126 valence electrons. The van der Waals surface area contributed by atoms with Gasteiger partial charge < -0.3 is 19.4 Å². The predicted molar refractivity (Wildman–Crippen MR) is 92.4 cm³/mol. The molecule has 2 aromatic heterocycles. The summed E-state index contributed by atoms with van der Waals surface area (Å²) in [5, 5.41) is 20.2. The largest absolute Gasteiger partial charge is 0.479 e. The number of hydrogen-bond donors (Lipinski definition) is 2. The zero-order valence-electron chi connectivity index (χ0n) is 13.9. The fourth-order valence-corrected chi connectivity index (χ4v) is 3.05. The number of rotatable bonds is 6. The molecule has 3 rings (SSSR count). The van der Waals surface area contributed by atoms with E-state index in [0.29, 0.717) is 18.7 Å². The van der Waals surface area contributed by atoms with Crippen LogP contribution < -0.4 is 4.74 Å². The molecule has 0 bridgehead atoms. The second kappa shape index (κ2) is 7.03. The molecule has 0 amide bonds. The third kappa shape index (κ3) is 3.00. The van der Waals surface area contributed by atoms with E-state index in [0.717, 1.165) is 28.0 Å². The van der Waals surface area contributed by atoms with E-state index in [4.69, 9.17) is 4.74 Å². The number of nitrogens with zero attached hydrogens (tertiary/aromatic N) is 2. The Labute approximate surface area is 141 Å². The highest BCUT2D eigenvalue weighted by Crippen LogP contribution is 2.32. The Kier molecular flexibility index (Phi) is 4.83. The lowest BCUT2D eigenvalue weighted by Gasteiger charge is -2.15. The number of methoxy groups -OCH3 is 1. The van der Waals surface area contributed by atoms with Crippen LogP contribution in [0.1, 0.15) is 35.0 Å². The first-order valence-corrected chi connectivity index (χ1v) is 8.05. The summed E-state index contributed by atoms with van der Waals surface area (Å²) in [6.07, 6.45) is 2.47. The van der Waals surface area contributed by atoms with Crippen LogP contribution in [-0.2, 0) is 6.42 Å². The Morgan fingerprint density at radius 3 is 2.67 bits per heavy atom. The molecule has 1 atom stereocenters. The molecule has 0 saturated carbocycles. The van der Waals surface area contributed by atoms with Crippen LogP contribution in [0.15, 0.2) is 42.6 Å². The highest BCUT2D eigenvalue weighted by Gasteiger charge is 2.21. The zero-order chi connectivity index (χ0) is 17.1. The summed E-state index contributed by atoms with van der Waals surface area (Å²) in [5.41, 5.74) is 4.25. The lowest BCUT2D eigenvalue weighted by molar-refractivity contribution is 0.212. The summed E-state index contributed by atoms with van der Waals surface area (Å²) < 4.78 is 7.35. The molecule has 0 spiro atoms. The minimum absolute atomic E-state index is 0.113. The summed E-state index contributed by atoms with van der Waals surface area (Å²) in [6, 6.07) is 11.6. The Bertz CT molecular complexity index is 827. The first-order chi connectivity index (χ1) is 11.7. The topological polar surface area (TPSA) is 67.0 Å². The van der Waals surface area contributed by atoms with Crippen molar-refractivity contribution in [3.63, 3.8) is 0 Å². The van der Waals surface area contributed by atoms with E-state index in [1.165, 1.54) is 0 Å². The van der Waals surface area contributed by atoms with Crippen LogP contribution in [0.25, 0.3) is 5.52 Å². The average molecular weight is 326 g/mol. The number of fused-ring (bicyclic) bond motifs is 1. The minimum Gasteiger partial charge on any atom is -0.479 e. The minimum atomic E-state index is -0.756. The van der Waals surface area contributed by atoms with E-state index in [1.807, 2.05) is 53.9 Å². The smallest absolute Gasteiger partial charge is 0.238 e. The molecule has 3 aromatic rings. The number of ether oxygens (including phenoxy) is 1. The molecular weight excluding hydrogens is 304 g/mol. The summed E-state index contributed by atoms with van der Waals surface area (Å²) in [7, 11) is 1.59. The molecule has 1 unspecified atom stereocenters. The Morgan fingerprint density at radius 1 is 1.25 bits per heavy atom. The van der Waals surface area contributed by atoms with Crippen molar-refractivity contribution in [3.8, 4) is 5.88 Å². The summed E-state index contributed by atoms with van der Waals surface area (Å²) >= 11 is 0. The lowest BCUT2D eigenvalue weighted by Crippen LogP contribution is -2.08. The second-order valence-corrected chi connectivity index (χ2v) is 5.84. The van der Waals surface area contributed by atoms with Crippen LogP contribution >= 0.6 is 0 Å². The van der Waals surface area contributed by atoms with Crippen LogP contribution in [-0.4, -0.2) is 33.3 Å². The van der Waals surface area contributed by atoms with Gasteiger partial charge in [-0.25, -0.2) is 4.98 Å². The molecule has 2 heterocycles. The van der Waals surface area contributed by atoms with Crippen molar-refractivity contribution >= 4 is 5.52 Å². The molecule has 2 N–H and O–H groups in total. The number of aliphatic hydroxyl groups excluding tert-OH is 2. The highest BCUT2D eigenvalue weighted by atomic mass is 16.5. The highest BCUT2D eigenvalue weighted by molar-refractivity contribution is 5.62. The first-order valence-electron chi connectivity index (χ1n) is 8.05. The zero-order valence-corrected chi connectivity index (χ0v) is 13.9. The Morgan fingerprint density at radius 2 is 2.00 bits per heavy atom. The third-order valence-electron chi connectivity index (χ3n) is 4.14. The molecule has 0 aliphatic heterocycles. The average Bonchev–Trinajstić information content (AvgIpc) is 2.97. The quantitative estimate of drug-likeness (QED) is 0.731. The maximum atomic E-state index is 11.0. The van der Waals surface area contributed by atoms with Crippen molar-refractivity contribution < 1.29 is 14.9 Å². The first kappa shape index (κ1) is 16.5. The predicted octanol–water partition coefficient (Wildman–Crippen LogP) is 2.66. The third-order valence-corrected chi connectivity index (χ3v) is 4.14. The molecule has 0 saturated heterocycles. The van der Waals surface area contributed by atoms with E-state index >= 15 is 0 Å². The molecule has 0 fully saturated rings. The molecule has 1 aromatic carbocycles. The molecule has 0 radical (unpaired) electrons. The molecule has 5 heteroatoms. The fourth-order valence-electron chi connectivity index (χ4n) is 3.05. The van der Waals surface area contributed by atoms with Crippen molar-refractivity contribution in [1.82, 2.24) is 9.38 Å². The van der Waals surface area contributed by atoms with E-state index in [2.05, 4.69) is 4.98 Å². The van der Waals surface area contributed by atoms with Crippen LogP contribution in [0.4, 0.5) is 0 Å². The molecule has 24 heavy (non-hydrogen) atoms. The lowest BCUT2D eigenvalue weighted by atomic mass is 10.0. The number of aliphatic hydroxyl groups is 2. The van der Waals surface area contributed by atoms with Gasteiger partial charge in [-0.2, -0.15) is 0 Å². The van der Waals surface area contributed by atoms with E-state index in [9.17, 15) is 10.2 Å². The van der Waals surface area contributed by atoms with Gasteiger partial charge in [0.25, 0.3) is 0 Å². The summed E-state index contributed by atoms with van der Waals surface area (Å²) in [6.45, 7) is 2.01. The molecular formula is C19H22N2O3. The molecule has 5 nitrogen and oxygen atoms in total. The van der Waals surface area contributed by atoms with Crippen molar-refractivity contribution in [2.45, 2.75) is 25.9 Å².